The molecule has 0 spiro atoms. The summed E-state index contributed by atoms with van der Waals surface area (Å²) in [7, 11) is 0. The van der Waals surface area contributed by atoms with E-state index in [1.165, 1.54) is 12.1 Å². The molecule has 64 valence electrons. The summed E-state index contributed by atoms with van der Waals surface area (Å²) >= 11 is 0. The third-order valence-corrected chi connectivity index (χ3v) is 1.16. The summed E-state index contributed by atoms with van der Waals surface area (Å²) in [5, 5.41) is 0. The number of nitrogens with two attached hydrogens (primary N) is 1. The fraction of sp³-hybridized carbons (Fsp3) is 0. The molecule has 12 heavy (non-hydrogen) atoms. The summed E-state index contributed by atoms with van der Waals surface area (Å²) in [5.41, 5.74) is 5.93. The molecule has 1 rings (SSSR count). The second-order valence-electron chi connectivity index (χ2n) is 2.09. The van der Waals surface area contributed by atoms with Crippen LogP contribution in [0.3, 0.4) is 0 Å². The van der Waals surface area contributed by atoms with E-state index in [0.717, 1.165) is 0 Å². The first-order valence-corrected chi connectivity index (χ1v) is 3.22. The number of anilines is 1. The van der Waals surface area contributed by atoms with Gasteiger partial charge in [0.05, 0.1) is 0 Å². The van der Waals surface area contributed by atoms with Crippen molar-refractivity contribution in [2.45, 2.75) is 0 Å². The number of rotatable bonds is 2. The lowest BCUT2D eigenvalue weighted by atomic mass is 10.3. The lowest BCUT2D eigenvalue weighted by Gasteiger charge is -1.98. The third-order valence-electron chi connectivity index (χ3n) is 1.16. The number of nitrogen functional groups attached to an aromatic ring is 1. The molecule has 0 unspecified atom stereocenters. The van der Waals surface area contributed by atoms with Crippen molar-refractivity contribution in [3.05, 3.63) is 36.6 Å². The molecule has 0 saturated carbocycles. The summed E-state index contributed by atoms with van der Waals surface area (Å²) in [6, 6.07) is 6.15. The average Bonchev–Trinajstić information content (AvgIpc) is 2.03. The minimum absolute atomic E-state index is 0.331. The lowest BCUT2D eigenvalue weighted by molar-refractivity contribution is 0.365. The highest BCUT2D eigenvalue weighted by Crippen LogP contribution is 2.14. The van der Waals surface area contributed by atoms with E-state index in [4.69, 9.17) is 5.73 Å². The highest BCUT2D eigenvalue weighted by atomic mass is 19.3. The van der Waals surface area contributed by atoms with E-state index < -0.39 is 6.08 Å². The molecule has 0 aliphatic rings. The first-order valence-electron chi connectivity index (χ1n) is 3.22. The molecule has 0 aromatic heterocycles. The Morgan fingerprint density at radius 1 is 1.25 bits per heavy atom. The monoisotopic (exact) mass is 171 g/mol. The zero-order valence-corrected chi connectivity index (χ0v) is 6.13. The number of halogens is 2. The van der Waals surface area contributed by atoms with Gasteiger partial charge in [0, 0.05) is 5.69 Å². The summed E-state index contributed by atoms with van der Waals surface area (Å²) in [6.45, 7) is 0. The minimum Gasteiger partial charge on any atom is -0.459 e. The van der Waals surface area contributed by atoms with Gasteiger partial charge in [-0.2, -0.15) is 8.78 Å². The largest absolute Gasteiger partial charge is 0.459 e. The van der Waals surface area contributed by atoms with Gasteiger partial charge in [-0.3, -0.25) is 0 Å². The first-order chi connectivity index (χ1) is 5.68. The fourth-order valence-electron chi connectivity index (χ4n) is 0.659. The van der Waals surface area contributed by atoms with Gasteiger partial charge < -0.3 is 10.5 Å². The van der Waals surface area contributed by atoms with E-state index in [2.05, 4.69) is 4.74 Å². The smallest absolute Gasteiger partial charge is 0.305 e. The molecule has 0 heterocycles. The summed E-state index contributed by atoms with van der Waals surface area (Å²) in [6.07, 6.45) is -1.49. The molecule has 0 amide bonds. The molecule has 0 saturated heterocycles. The molecular formula is C8H7F2NO. The molecule has 2 N–H and O–H groups in total. The van der Waals surface area contributed by atoms with Gasteiger partial charge in [-0.05, 0) is 24.3 Å². The first kappa shape index (κ1) is 8.52. The molecule has 4 heteroatoms. The highest BCUT2D eigenvalue weighted by molar-refractivity contribution is 5.41. The molecule has 0 aliphatic carbocycles. The fourth-order valence-corrected chi connectivity index (χ4v) is 0.659. The van der Waals surface area contributed by atoms with Gasteiger partial charge in [-0.1, -0.05) is 0 Å². The van der Waals surface area contributed by atoms with E-state index >= 15 is 0 Å². The summed E-state index contributed by atoms with van der Waals surface area (Å²) < 4.78 is 27.6. The number of hydrogen-bond acceptors (Lipinski definition) is 2. The van der Waals surface area contributed by atoms with E-state index in [0.29, 0.717) is 17.7 Å². The molecule has 0 atom stereocenters. The minimum atomic E-state index is -1.87. The van der Waals surface area contributed by atoms with Crippen LogP contribution in [0.25, 0.3) is 0 Å². The zero-order valence-electron chi connectivity index (χ0n) is 6.13. The van der Waals surface area contributed by atoms with Crippen LogP contribution < -0.4 is 10.5 Å². The Labute approximate surface area is 68.3 Å². The van der Waals surface area contributed by atoms with Crippen LogP contribution in [0.1, 0.15) is 0 Å². The van der Waals surface area contributed by atoms with E-state index in [-0.39, 0.29) is 0 Å². The molecule has 2 nitrogen and oxygen atoms in total. The maximum atomic E-state index is 11.5. The molecule has 1 aromatic carbocycles. The summed E-state index contributed by atoms with van der Waals surface area (Å²) in [5.74, 6) is 0.331. The molecule has 1 aromatic rings. The SMILES string of the molecule is Nc1ccc(OC=C(F)F)cc1. The molecule has 0 bridgehead atoms. The van der Waals surface area contributed by atoms with Crippen LogP contribution in [0.15, 0.2) is 36.6 Å². The van der Waals surface area contributed by atoms with Crippen molar-refractivity contribution >= 4 is 5.69 Å². The van der Waals surface area contributed by atoms with Crippen molar-refractivity contribution in [2.24, 2.45) is 0 Å². The topological polar surface area (TPSA) is 35.2 Å². The van der Waals surface area contributed by atoms with Crippen LogP contribution >= 0.6 is 0 Å². The molecule has 0 fully saturated rings. The Balaban J connectivity index is 2.65. The van der Waals surface area contributed by atoms with Crippen molar-refractivity contribution in [3.63, 3.8) is 0 Å². The van der Waals surface area contributed by atoms with Gasteiger partial charge in [0.1, 0.15) is 5.75 Å². The number of benzene rings is 1. The van der Waals surface area contributed by atoms with Crippen LogP contribution in [0.2, 0.25) is 0 Å². The standard InChI is InChI=1S/C8H7F2NO/c9-8(10)5-12-7-3-1-6(11)2-4-7/h1-5H,11H2. The quantitative estimate of drug-likeness (QED) is 0.547. The maximum Gasteiger partial charge on any atom is 0.305 e. The van der Waals surface area contributed by atoms with E-state index in [9.17, 15) is 8.78 Å². The van der Waals surface area contributed by atoms with Crippen molar-refractivity contribution in [2.75, 3.05) is 5.73 Å². The maximum absolute atomic E-state index is 11.5. The second-order valence-corrected chi connectivity index (χ2v) is 2.09. The molecule has 0 radical (unpaired) electrons. The van der Waals surface area contributed by atoms with Crippen molar-refractivity contribution < 1.29 is 13.5 Å². The van der Waals surface area contributed by atoms with Gasteiger partial charge in [0.2, 0.25) is 0 Å². The predicted molar refractivity (Wildman–Crippen MR) is 41.8 cm³/mol. The van der Waals surface area contributed by atoms with Gasteiger partial charge in [0.15, 0.2) is 6.26 Å². The Kier molecular flexibility index (Phi) is 2.63. The van der Waals surface area contributed by atoms with Crippen LogP contribution in [-0.2, 0) is 0 Å². The van der Waals surface area contributed by atoms with Crippen LogP contribution in [0, 0.1) is 0 Å². The predicted octanol–water partition coefficient (Wildman–Crippen LogP) is 2.39. The second kappa shape index (κ2) is 3.71. The molecule has 0 aliphatic heterocycles. The number of hydrogen-bond donors (Lipinski definition) is 1. The zero-order chi connectivity index (χ0) is 8.97. The van der Waals surface area contributed by atoms with Crippen molar-refractivity contribution in [1.29, 1.82) is 0 Å². The van der Waals surface area contributed by atoms with Crippen molar-refractivity contribution in [1.82, 2.24) is 0 Å². The summed E-state index contributed by atoms with van der Waals surface area (Å²) in [4.78, 5) is 0. The Hall–Kier alpha value is -1.58. The Morgan fingerprint density at radius 2 is 1.83 bits per heavy atom. The number of ether oxygens (including phenoxy) is 1. The van der Waals surface area contributed by atoms with Gasteiger partial charge in [0.25, 0.3) is 0 Å². The lowest BCUT2D eigenvalue weighted by Crippen LogP contribution is -1.85. The van der Waals surface area contributed by atoms with Crippen LogP contribution in [0.5, 0.6) is 5.75 Å². The van der Waals surface area contributed by atoms with Gasteiger partial charge in [-0.15, -0.1) is 0 Å². The third kappa shape index (κ3) is 2.57. The van der Waals surface area contributed by atoms with Gasteiger partial charge >= 0.3 is 6.08 Å². The van der Waals surface area contributed by atoms with Crippen LogP contribution in [0.4, 0.5) is 14.5 Å². The average molecular weight is 171 g/mol. The van der Waals surface area contributed by atoms with Gasteiger partial charge in [-0.25, -0.2) is 0 Å². The highest BCUT2D eigenvalue weighted by Gasteiger charge is 1.92. The van der Waals surface area contributed by atoms with E-state index in [1.54, 1.807) is 12.1 Å². The molecular weight excluding hydrogens is 164 g/mol. The normalized spacial score (nSPS) is 9.17. The van der Waals surface area contributed by atoms with Crippen molar-refractivity contribution in [3.8, 4) is 5.75 Å². The van der Waals surface area contributed by atoms with Crippen LogP contribution in [-0.4, -0.2) is 0 Å². The Morgan fingerprint density at radius 3 is 2.33 bits per heavy atom. The van der Waals surface area contributed by atoms with E-state index in [1.807, 2.05) is 0 Å². The Bertz CT molecular complexity index is 278.